The molecule has 1 amide bonds. The SMILES string of the molecule is O=C(COc1ccc(S(=O)(=O)N2CCCC2)cc1)N1CCc2cc(Br)ccc21. The van der Waals surface area contributed by atoms with Crippen LogP contribution in [0.15, 0.2) is 51.8 Å². The summed E-state index contributed by atoms with van der Waals surface area (Å²) in [4.78, 5) is 14.5. The molecule has 2 aromatic carbocycles. The van der Waals surface area contributed by atoms with Crippen LogP contribution in [0.25, 0.3) is 0 Å². The molecular weight excluding hydrogens is 444 g/mol. The monoisotopic (exact) mass is 464 g/mol. The predicted octanol–water partition coefficient (Wildman–Crippen LogP) is 3.20. The zero-order valence-corrected chi connectivity index (χ0v) is 17.7. The number of amides is 1. The maximum atomic E-state index is 12.6. The van der Waals surface area contributed by atoms with E-state index < -0.39 is 10.0 Å². The summed E-state index contributed by atoms with van der Waals surface area (Å²) in [5.74, 6) is 0.360. The number of sulfonamides is 1. The molecule has 2 aliphatic rings. The van der Waals surface area contributed by atoms with Crippen LogP contribution in [-0.4, -0.2) is 44.9 Å². The van der Waals surface area contributed by atoms with E-state index in [-0.39, 0.29) is 17.4 Å². The lowest BCUT2D eigenvalue weighted by Crippen LogP contribution is -2.33. The Morgan fingerprint density at radius 1 is 1.04 bits per heavy atom. The summed E-state index contributed by atoms with van der Waals surface area (Å²) in [5, 5.41) is 0. The first-order chi connectivity index (χ1) is 13.4. The third-order valence-corrected chi connectivity index (χ3v) is 7.53. The minimum atomic E-state index is -3.44. The normalized spacial score (nSPS) is 17.0. The van der Waals surface area contributed by atoms with Crippen LogP contribution in [0.3, 0.4) is 0 Å². The van der Waals surface area contributed by atoms with Gasteiger partial charge in [-0.1, -0.05) is 15.9 Å². The lowest BCUT2D eigenvalue weighted by atomic mass is 10.2. The molecular formula is C20H21BrN2O4S. The Labute approximate surface area is 173 Å². The predicted molar refractivity (Wildman–Crippen MR) is 110 cm³/mol. The zero-order valence-electron chi connectivity index (χ0n) is 15.3. The highest BCUT2D eigenvalue weighted by Gasteiger charge is 2.27. The fraction of sp³-hybridized carbons (Fsp3) is 0.350. The number of fused-ring (bicyclic) bond motifs is 1. The van der Waals surface area contributed by atoms with Crippen LogP contribution in [0.2, 0.25) is 0 Å². The van der Waals surface area contributed by atoms with Crippen molar-refractivity contribution < 1.29 is 17.9 Å². The topological polar surface area (TPSA) is 66.9 Å². The second-order valence-corrected chi connectivity index (χ2v) is 9.79. The number of anilines is 1. The van der Waals surface area contributed by atoms with E-state index in [1.807, 2.05) is 18.2 Å². The van der Waals surface area contributed by atoms with E-state index in [9.17, 15) is 13.2 Å². The largest absolute Gasteiger partial charge is 0.484 e. The summed E-state index contributed by atoms with van der Waals surface area (Å²) >= 11 is 3.45. The van der Waals surface area contributed by atoms with E-state index in [2.05, 4.69) is 15.9 Å². The number of ether oxygens (including phenoxy) is 1. The second kappa shape index (κ2) is 7.85. The molecule has 0 unspecified atom stereocenters. The number of hydrogen-bond acceptors (Lipinski definition) is 4. The van der Waals surface area contributed by atoms with Gasteiger partial charge in [-0.2, -0.15) is 4.31 Å². The Hall–Kier alpha value is -1.90. The van der Waals surface area contributed by atoms with Crippen molar-refractivity contribution in [3.8, 4) is 5.75 Å². The van der Waals surface area contributed by atoms with E-state index in [0.29, 0.717) is 25.4 Å². The molecule has 0 radical (unpaired) electrons. The van der Waals surface area contributed by atoms with E-state index in [4.69, 9.17) is 4.74 Å². The van der Waals surface area contributed by atoms with E-state index in [0.717, 1.165) is 35.0 Å². The number of rotatable bonds is 5. The van der Waals surface area contributed by atoms with Crippen molar-refractivity contribution in [2.45, 2.75) is 24.2 Å². The summed E-state index contributed by atoms with van der Waals surface area (Å²) in [5.41, 5.74) is 2.06. The number of carbonyl (C=O) groups is 1. The first-order valence-corrected chi connectivity index (χ1v) is 11.5. The fourth-order valence-electron chi connectivity index (χ4n) is 3.64. The fourth-order valence-corrected chi connectivity index (χ4v) is 5.56. The van der Waals surface area contributed by atoms with Crippen LogP contribution in [-0.2, 0) is 21.2 Å². The van der Waals surface area contributed by atoms with Crippen molar-refractivity contribution in [1.29, 1.82) is 0 Å². The molecule has 2 aromatic rings. The molecule has 0 aromatic heterocycles. The quantitative estimate of drug-likeness (QED) is 0.681. The van der Waals surface area contributed by atoms with Gasteiger partial charge in [0.15, 0.2) is 6.61 Å². The third-order valence-electron chi connectivity index (χ3n) is 5.13. The van der Waals surface area contributed by atoms with Gasteiger partial charge in [0.25, 0.3) is 5.91 Å². The van der Waals surface area contributed by atoms with Gasteiger partial charge in [-0.05, 0) is 67.3 Å². The van der Waals surface area contributed by atoms with Gasteiger partial charge in [0.1, 0.15) is 5.75 Å². The van der Waals surface area contributed by atoms with Crippen LogP contribution >= 0.6 is 15.9 Å². The Kier molecular flexibility index (Phi) is 5.44. The summed E-state index contributed by atoms with van der Waals surface area (Å²) in [7, 11) is -3.44. The molecule has 0 atom stereocenters. The molecule has 1 saturated heterocycles. The molecule has 0 spiro atoms. The third kappa shape index (κ3) is 3.81. The van der Waals surface area contributed by atoms with E-state index in [1.165, 1.54) is 16.4 Å². The van der Waals surface area contributed by atoms with Crippen LogP contribution in [0.1, 0.15) is 18.4 Å². The first-order valence-electron chi connectivity index (χ1n) is 9.27. The molecule has 0 aliphatic carbocycles. The minimum absolute atomic E-state index is 0.0896. The van der Waals surface area contributed by atoms with Crippen molar-refractivity contribution in [3.63, 3.8) is 0 Å². The number of carbonyl (C=O) groups excluding carboxylic acids is 1. The molecule has 6 nitrogen and oxygen atoms in total. The first kappa shape index (κ1) is 19.4. The Morgan fingerprint density at radius 3 is 2.46 bits per heavy atom. The highest BCUT2D eigenvalue weighted by Crippen LogP contribution is 2.30. The average Bonchev–Trinajstić information content (AvgIpc) is 3.36. The lowest BCUT2D eigenvalue weighted by molar-refractivity contribution is -0.120. The van der Waals surface area contributed by atoms with Crippen molar-refractivity contribution in [2.75, 3.05) is 31.1 Å². The Bertz CT molecular complexity index is 986. The maximum Gasteiger partial charge on any atom is 0.264 e. The summed E-state index contributed by atoms with van der Waals surface area (Å²) < 4.78 is 33.2. The van der Waals surface area contributed by atoms with Crippen LogP contribution in [0.4, 0.5) is 5.69 Å². The van der Waals surface area contributed by atoms with Gasteiger partial charge in [0, 0.05) is 29.8 Å². The van der Waals surface area contributed by atoms with Gasteiger partial charge >= 0.3 is 0 Å². The highest BCUT2D eigenvalue weighted by molar-refractivity contribution is 9.10. The number of nitrogens with zero attached hydrogens (tertiary/aromatic N) is 2. The standard InChI is InChI=1S/C20H21BrN2O4S/c21-16-3-8-19-15(13-16)9-12-23(19)20(24)14-27-17-4-6-18(7-5-17)28(25,26)22-10-1-2-11-22/h3-8,13H,1-2,9-12,14H2. The van der Waals surface area contributed by atoms with Gasteiger partial charge < -0.3 is 9.64 Å². The van der Waals surface area contributed by atoms with Crippen LogP contribution in [0, 0.1) is 0 Å². The van der Waals surface area contributed by atoms with Crippen LogP contribution in [0.5, 0.6) is 5.75 Å². The van der Waals surface area contributed by atoms with Gasteiger partial charge in [-0.15, -0.1) is 0 Å². The number of hydrogen-bond donors (Lipinski definition) is 0. The molecule has 4 rings (SSSR count). The molecule has 0 bridgehead atoms. The van der Waals surface area contributed by atoms with E-state index >= 15 is 0 Å². The average molecular weight is 465 g/mol. The van der Waals surface area contributed by atoms with Gasteiger partial charge in [-0.25, -0.2) is 8.42 Å². The van der Waals surface area contributed by atoms with Crippen molar-refractivity contribution in [1.82, 2.24) is 4.31 Å². The molecule has 1 fully saturated rings. The highest BCUT2D eigenvalue weighted by atomic mass is 79.9. The maximum absolute atomic E-state index is 12.6. The van der Waals surface area contributed by atoms with Crippen molar-refractivity contribution in [3.05, 3.63) is 52.5 Å². The number of benzene rings is 2. The van der Waals surface area contributed by atoms with Crippen molar-refractivity contribution in [2.24, 2.45) is 0 Å². The molecule has 28 heavy (non-hydrogen) atoms. The summed E-state index contributed by atoms with van der Waals surface area (Å²) in [6.07, 6.45) is 2.63. The Balaban J connectivity index is 1.39. The van der Waals surface area contributed by atoms with Crippen LogP contribution < -0.4 is 9.64 Å². The van der Waals surface area contributed by atoms with Gasteiger partial charge in [-0.3, -0.25) is 4.79 Å². The zero-order chi connectivity index (χ0) is 19.7. The second-order valence-electron chi connectivity index (χ2n) is 6.94. The lowest BCUT2D eigenvalue weighted by Gasteiger charge is -2.18. The Morgan fingerprint density at radius 2 is 1.75 bits per heavy atom. The van der Waals surface area contributed by atoms with E-state index in [1.54, 1.807) is 17.0 Å². The minimum Gasteiger partial charge on any atom is -0.484 e. The smallest absolute Gasteiger partial charge is 0.264 e. The van der Waals surface area contributed by atoms with Crippen molar-refractivity contribution >= 4 is 37.5 Å². The van der Waals surface area contributed by atoms with Gasteiger partial charge in [0.2, 0.25) is 10.0 Å². The summed E-state index contributed by atoms with van der Waals surface area (Å²) in [6.45, 7) is 1.70. The molecule has 148 valence electrons. The number of halogens is 1. The summed E-state index contributed by atoms with van der Waals surface area (Å²) in [6, 6.07) is 12.2. The molecule has 2 heterocycles. The molecule has 2 aliphatic heterocycles. The molecule has 0 saturated carbocycles. The molecule has 0 N–H and O–H groups in total. The molecule has 8 heteroatoms. The van der Waals surface area contributed by atoms with Gasteiger partial charge in [0.05, 0.1) is 4.90 Å².